The van der Waals surface area contributed by atoms with Crippen molar-refractivity contribution in [2.24, 2.45) is 0 Å². The van der Waals surface area contributed by atoms with E-state index in [-0.39, 0.29) is 28.3 Å². The molecule has 214 valence electrons. The molecule has 0 spiro atoms. The van der Waals surface area contributed by atoms with Crippen LogP contribution in [0.5, 0.6) is 0 Å². The Kier molecular flexibility index (Phi) is 8.80. The Hall–Kier alpha value is -4.60. The first-order chi connectivity index (χ1) is 19.4. The summed E-state index contributed by atoms with van der Waals surface area (Å²) in [7, 11) is -4.07. The average molecular weight is 600 g/mol. The number of aliphatic carboxylic acids is 2. The van der Waals surface area contributed by atoms with Crippen LogP contribution in [-0.2, 0) is 26.2 Å². The number of benzene rings is 2. The molecule has 0 saturated carbocycles. The smallest absolute Gasteiger partial charge is 0.326 e. The number of aromatic nitrogens is 2. The fourth-order valence-corrected chi connectivity index (χ4v) is 5.89. The molecule has 41 heavy (non-hydrogen) atoms. The van der Waals surface area contributed by atoms with E-state index in [2.05, 4.69) is 20.1 Å². The fourth-order valence-electron chi connectivity index (χ4n) is 3.89. The number of hydrogen-bond acceptors (Lipinski definition) is 9. The predicted octanol–water partition coefficient (Wildman–Crippen LogP) is 2.24. The minimum Gasteiger partial charge on any atom is -0.481 e. The second kappa shape index (κ2) is 12.3. The Balaban J connectivity index is 1.65. The van der Waals surface area contributed by atoms with Crippen LogP contribution in [0.4, 0.5) is 5.00 Å². The van der Waals surface area contributed by atoms with Crippen molar-refractivity contribution >= 4 is 55.1 Å². The zero-order valence-corrected chi connectivity index (χ0v) is 23.2. The first-order valence-electron chi connectivity index (χ1n) is 12.1. The monoisotopic (exact) mass is 599 g/mol. The highest BCUT2D eigenvalue weighted by Crippen LogP contribution is 2.28. The van der Waals surface area contributed by atoms with Crippen LogP contribution >= 0.6 is 11.3 Å². The first kappa shape index (κ1) is 29.4. The number of nitrogens with zero attached hydrogens (tertiary/aromatic N) is 2. The van der Waals surface area contributed by atoms with Crippen molar-refractivity contribution in [3.63, 3.8) is 0 Å². The van der Waals surface area contributed by atoms with E-state index >= 15 is 0 Å². The molecule has 0 fully saturated rings. The number of H-pyrrole nitrogens is 1. The van der Waals surface area contributed by atoms with Gasteiger partial charge in [-0.25, -0.2) is 18.2 Å². The van der Waals surface area contributed by atoms with E-state index in [4.69, 9.17) is 5.11 Å². The van der Waals surface area contributed by atoms with Crippen LogP contribution in [-0.4, -0.2) is 52.5 Å². The largest absolute Gasteiger partial charge is 0.481 e. The molecule has 0 aliphatic carbocycles. The van der Waals surface area contributed by atoms with Crippen molar-refractivity contribution in [1.82, 2.24) is 20.1 Å². The van der Waals surface area contributed by atoms with E-state index in [1.807, 2.05) is 0 Å². The second-order valence-electron chi connectivity index (χ2n) is 8.93. The summed E-state index contributed by atoms with van der Waals surface area (Å²) in [6, 6.07) is 14.0. The molecular formula is C26H25N5O8S2. The summed E-state index contributed by atoms with van der Waals surface area (Å²) < 4.78 is 26.4. The quantitative estimate of drug-likeness (QED) is 0.151. The zero-order valence-electron chi connectivity index (χ0n) is 21.5. The number of carbonyl (C=O) groups is 3. The molecule has 2 heterocycles. The average Bonchev–Trinajstić information content (AvgIpc) is 3.42. The lowest BCUT2D eigenvalue weighted by Crippen LogP contribution is -2.41. The third kappa shape index (κ3) is 7.33. The summed E-state index contributed by atoms with van der Waals surface area (Å²) in [5, 5.41) is 22.4. The molecule has 0 radical (unpaired) electrons. The number of carboxylic acids is 2. The minimum absolute atomic E-state index is 0.00288. The van der Waals surface area contributed by atoms with E-state index in [1.165, 1.54) is 29.3 Å². The number of aromatic amines is 1. The Labute approximate surface area is 237 Å². The number of hydrogen-bond donors (Lipinski definition) is 5. The number of carbonyl (C=O) groups excluding carboxylic acids is 1. The van der Waals surface area contributed by atoms with Crippen molar-refractivity contribution < 1.29 is 33.0 Å². The molecule has 1 amide bonds. The standard InChI is InChI=1S/C26H25N5O8S2/c1-15-27-19-8-7-16(13-18(19)24(34)28-15)14-31(30-41(38,39)17-5-3-2-4-6-17)22-11-10-21(40-22)25(35)29-20(26(36)37)9-12-23(32)33/h2-8,10-11,13,20,30H,9,12,14H2,1H3,(H,29,35)(H,32,33)(H,36,37)(H,27,28,34)/t20-/m0/s1. The maximum atomic E-state index is 13.2. The molecule has 5 N–H and O–H groups in total. The number of hydrazine groups is 1. The molecular weight excluding hydrogens is 574 g/mol. The van der Waals surface area contributed by atoms with Crippen molar-refractivity contribution in [3.05, 3.63) is 87.3 Å². The van der Waals surface area contributed by atoms with Crippen molar-refractivity contribution in [1.29, 1.82) is 0 Å². The molecule has 0 bridgehead atoms. The van der Waals surface area contributed by atoms with Gasteiger partial charge in [0, 0.05) is 6.42 Å². The maximum Gasteiger partial charge on any atom is 0.326 e. The van der Waals surface area contributed by atoms with Crippen LogP contribution in [0.25, 0.3) is 10.9 Å². The normalized spacial score (nSPS) is 12.1. The van der Waals surface area contributed by atoms with Crippen molar-refractivity contribution in [2.75, 3.05) is 5.01 Å². The molecule has 1 atom stereocenters. The van der Waals surface area contributed by atoms with Crippen molar-refractivity contribution in [3.8, 4) is 0 Å². The van der Waals surface area contributed by atoms with E-state index in [0.29, 0.717) is 27.3 Å². The Morgan fingerprint density at radius 3 is 2.49 bits per heavy atom. The lowest BCUT2D eigenvalue weighted by Gasteiger charge is -2.24. The van der Waals surface area contributed by atoms with E-state index < -0.39 is 40.3 Å². The lowest BCUT2D eigenvalue weighted by molar-refractivity contribution is -0.140. The molecule has 0 aliphatic heterocycles. The van der Waals surface area contributed by atoms with Gasteiger partial charge in [-0.05, 0) is 55.3 Å². The van der Waals surface area contributed by atoms with Crippen LogP contribution in [0.3, 0.4) is 0 Å². The third-order valence-corrected chi connectivity index (χ3v) is 8.31. The summed E-state index contributed by atoms with van der Waals surface area (Å²) in [5.41, 5.74) is 0.678. The van der Waals surface area contributed by atoms with Crippen LogP contribution in [0.2, 0.25) is 0 Å². The number of thiophene rings is 1. The molecule has 0 saturated heterocycles. The molecule has 4 rings (SSSR count). The zero-order chi connectivity index (χ0) is 29.7. The molecule has 2 aromatic carbocycles. The number of aryl methyl sites for hydroxylation is 1. The van der Waals surface area contributed by atoms with Gasteiger partial charge in [-0.15, -0.1) is 16.2 Å². The number of nitrogens with one attached hydrogen (secondary N) is 3. The van der Waals surface area contributed by atoms with Crippen molar-refractivity contribution in [2.45, 2.75) is 37.2 Å². The second-order valence-corrected chi connectivity index (χ2v) is 11.7. The SMILES string of the molecule is Cc1nc2ccc(CN(NS(=O)(=O)c3ccccc3)c3ccc(C(=O)N[C@@H](CCC(=O)O)C(=O)O)s3)cc2c(=O)[nH]1. The highest BCUT2D eigenvalue weighted by atomic mass is 32.2. The van der Waals surface area contributed by atoms with Gasteiger partial charge in [0.2, 0.25) is 0 Å². The highest BCUT2D eigenvalue weighted by Gasteiger charge is 2.25. The Morgan fingerprint density at radius 1 is 1.07 bits per heavy atom. The number of amides is 1. The summed E-state index contributed by atoms with van der Waals surface area (Å²) in [5.74, 6) is -2.90. The molecule has 0 unspecified atom stereocenters. The van der Waals surface area contributed by atoms with Gasteiger partial charge in [0.25, 0.3) is 21.5 Å². The van der Waals surface area contributed by atoms with Gasteiger partial charge in [0.05, 0.1) is 27.2 Å². The minimum atomic E-state index is -4.07. The van der Waals surface area contributed by atoms with E-state index in [1.54, 1.807) is 43.3 Å². The molecule has 13 nitrogen and oxygen atoms in total. The summed E-state index contributed by atoms with van der Waals surface area (Å²) in [6.07, 6.45) is -0.765. The first-order valence-corrected chi connectivity index (χ1v) is 14.4. The predicted molar refractivity (Wildman–Crippen MR) is 150 cm³/mol. The van der Waals surface area contributed by atoms with E-state index in [0.717, 1.165) is 11.3 Å². The molecule has 4 aromatic rings. The number of carboxylic acid groups (broad SMARTS) is 2. The van der Waals surface area contributed by atoms with Gasteiger partial charge in [-0.3, -0.25) is 19.4 Å². The highest BCUT2D eigenvalue weighted by molar-refractivity contribution is 7.89. The fraction of sp³-hybridized carbons (Fsp3) is 0.192. The van der Waals surface area contributed by atoms with Gasteiger partial charge < -0.3 is 20.5 Å². The Morgan fingerprint density at radius 2 is 1.80 bits per heavy atom. The van der Waals surface area contributed by atoms with Gasteiger partial charge in [-0.2, -0.15) is 0 Å². The van der Waals surface area contributed by atoms with Gasteiger partial charge in [0.1, 0.15) is 16.9 Å². The lowest BCUT2D eigenvalue weighted by atomic mass is 10.1. The Bertz CT molecular complexity index is 1770. The summed E-state index contributed by atoms with van der Waals surface area (Å²) >= 11 is 0.888. The van der Waals surface area contributed by atoms with Crippen LogP contribution in [0.15, 0.2) is 70.4 Å². The van der Waals surface area contributed by atoms with Crippen LogP contribution < -0.4 is 20.7 Å². The maximum absolute atomic E-state index is 13.2. The van der Waals surface area contributed by atoms with Crippen LogP contribution in [0, 0.1) is 6.92 Å². The van der Waals surface area contributed by atoms with Crippen LogP contribution in [0.1, 0.15) is 33.9 Å². The number of sulfonamides is 1. The van der Waals surface area contributed by atoms with Gasteiger partial charge >= 0.3 is 11.9 Å². The van der Waals surface area contributed by atoms with Gasteiger partial charge in [-0.1, -0.05) is 24.3 Å². The molecule has 0 aliphatic rings. The molecule has 2 aromatic heterocycles. The topological polar surface area (TPSA) is 199 Å². The number of anilines is 1. The number of fused-ring (bicyclic) bond motifs is 1. The summed E-state index contributed by atoms with van der Waals surface area (Å²) in [4.78, 5) is 57.1. The summed E-state index contributed by atoms with van der Waals surface area (Å²) in [6.45, 7) is 1.61. The third-order valence-electron chi connectivity index (χ3n) is 5.84. The van der Waals surface area contributed by atoms with Gasteiger partial charge in [0.15, 0.2) is 0 Å². The number of rotatable bonds is 12. The molecule has 15 heteroatoms. The van der Waals surface area contributed by atoms with E-state index in [9.17, 15) is 32.7 Å².